The van der Waals surface area contributed by atoms with Crippen molar-refractivity contribution < 1.29 is 14.5 Å². The van der Waals surface area contributed by atoms with Crippen molar-refractivity contribution in [2.45, 2.75) is 36.6 Å². The highest BCUT2D eigenvalue weighted by Gasteiger charge is 2.25. The maximum Gasteiger partial charge on any atom is 0.310 e. The first-order valence-corrected chi connectivity index (χ1v) is 7.72. The van der Waals surface area contributed by atoms with Crippen LogP contribution in [0.3, 0.4) is 0 Å². The lowest BCUT2D eigenvalue weighted by atomic mass is 9.95. The molecule has 2 rings (SSSR count). The second-order valence-electron chi connectivity index (χ2n) is 5.02. The summed E-state index contributed by atoms with van der Waals surface area (Å²) in [6, 6.07) is 4.23. The summed E-state index contributed by atoms with van der Waals surface area (Å²) in [7, 11) is 1.35. The predicted octanol–water partition coefficient (Wildman–Crippen LogP) is 3.04. The number of nitro benzene ring substituents is 1. The lowest BCUT2D eigenvalue weighted by Crippen LogP contribution is -2.42. The fraction of sp³-hybridized carbons (Fsp3) is 0.500. The van der Waals surface area contributed by atoms with Crippen molar-refractivity contribution in [2.75, 3.05) is 7.11 Å². The standard InChI is InChI=1S/C14H17BrN2O4/c1-21-13-8-9(6-7-12(13)17(19)20)14(18)16-11-5-3-2-4-10(11)15/h6-8,10-11H,2-5H2,1H3,(H,16,18). The quantitative estimate of drug-likeness (QED) is 0.510. The molecule has 0 heterocycles. The fourth-order valence-corrected chi connectivity index (χ4v) is 3.19. The monoisotopic (exact) mass is 356 g/mol. The van der Waals surface area contributed by atoms with Gasteiger partial charge in [0.05, 0.1) is 12.0 Å². The Morgan fingerprint density at radius 1 is 1.43 bits per heavy atom. The summed E-state index contributed by atoms with van der Waals surface area (Å²) in [6.07, 6.45) is 4.23. The van der Waals surface area contributed by atoms with Gasteiger partial charge in [-0.15, -0.1) is 0 Å². The first-order valence-electron chi connectivity index (χ1n) is 6.80. The van der Waals surface area contributed by atoms with E-state index >= 15 is 0 Å². The molecule has 6 nitrogen and oxygen atoms in total. The highest BCUT2D eigenvalue weighted by Crippen LogP contribution is 2.28. The maximum absolute atomic E-state index is 12.3. The van der Waals surface area contributed by atoms with Crippen LogP contribution in [0.25, 0.3) is 0 Å². The highest BCUT2D eigenvalue weighted by atomic mass is 79.9. The minimum Gasteiger partial charge on any atom is -0.490 e. The molecule has 0 bridgehead atoms. The van der Waals surface area contributed by atoms with Gasteiger partial charge in [-0.1, -0.05) is 28.8 Å². The molecule has 1 aliphatic carbocycles. The highest BCUT2D eigenvalue weighted by molar-refractivity contribution is 9.09. The molecule has 0 saturated heterocycles. The van der Waals surface area contributed by atoms with Crippen LogP contribution in [0.4, 0.5) is 5.69 Å². The normalized spacial score (nSPS) is 21.6. The van der Waals surface area contributed by atoms with E-state index in [1.165, 1.54) is 25.3 Å². The van der Waals surface area contributed by atoms with Crippen LogP contribution >= 0.6 is 15.9 Å². The van der Waals surface area contributed by atoms with Crippen molar-refractivity contribution >= 4 is 27.5 Å². The molecule has 1 saturated carbocycles. The Hall–Kier alpha value is -1.63. The molecule has 1 aromatic carbocycles. The molecule has 1 N–H and O–H groups in total. The van der Waals surface area contributed by atoms with Crippen LogP contribution in [-0.4, -0.2) is 28.8 Å². The molecule has 1 amide bonds. The zero-order valence-corrected chi connectivity index (χ0v) is 13.3. The van der Waals surface area contributed by atoms with E-state index in [2.05, 4.69) is 21.2 Å². The summed E-state index contributed by atoms with van der Waals surface area (Å²) in [5.74, 6) is -0.147. The molecule has 0 aliphatic heterocycles. The van der Waals surface area contributed by atoms with Crippen LogP contribution < -0.4 is 10.1 Å². The number of benzene rings is 1. The van der Waals surface area contributed by atoms with Gasteiger partial charge in [0.15, 0.2) is 5.75 Å². The molecule has 1 fully saturated rings. The third-order valence-electron chi connectivity index (χ3n) is 3.64. The number of nitrogens with zero attached hydrogens (tertiary/aromatic N) is 1. The van der Waals surface area contributed by atoms with Gasteiger partial charge in [0.1, 0.15) is 0 Å². The van der Waals surface area contributed by atoms with Crippen molar-refractivity contribution in [1.29, 1.82) is 0 Å². The largest absolute Gasteiger partial charge is 0.490 e. The lowest BCUT2D eigenvalue weighted by Gasteiger charge is -2.28. The van der Waals surface area contributed by atoms with E-state index in [1.54, 1.807) is 0 Å². The van der Waals surface area contributed by atoms with Gasteiger partial charge < -0.3 is 10.1 Å². The Morgan fingerprint density at radius 2 is 2.14 bits per heavy atom. The summed E-state index contributed by atoms with van der Waals surface area (Å²) in [6.45, 7) is 0. The van der Waals surface area contributed by atoms with E-state index in [1.807, 2.05) is 0 Å². The number of alkyl halides is 1. The van der Waals surface area contributed by atoms with Crippen molar-refractivity contribution in [3.05, 3.63) is 33.9 Å². The Balaban J connectivity index is 2.13. The minimum atomic E-state index is -0.532. The smallest absolute Gasteiger partial charge is 0.310 e. The lowest BCUT2D eigenvalue weighted by molar-refractivity contribution is -0.385. The van der Waals surface area contributed by atoms with E-state index < -0.39 is 4.92 Å². The molecular weight excluding hydrogens is 340 g/mol. The third-order valence-corrected chi connectivity index (χ3v) is 4.73. The molecule has 0 spiro atoms. The van der Waals surface area contributed by atoms with Crippen molar-refractivity contribution in [3.8, 4) is 5.75 Å². The van der Waals surface area contributed by atoms with Crippen molar-refractivity contribution in [1.82, 2.24) is 5.32 Å². The van der Waals surface area contributed by atoms with Crippen LogP contribution in [0.15, 0.2) is 18.2 Å². The Morgan fingerprint density at radius 3 is 2.76 bits per heavy atom. The number of methoxy groups -OCH3 is 1. The van der Waals surface area contributed by atoms with E-state index in [0.717, 1.165) is 25.7 Å². The number of amides is 1. The minimum absolute atomic E-state index is 0.0895. The number of hydrogen-bond donors (Lipinski definition) is 1. The zero-order valence-electron chi connectivity index (χ0n) is 11.7. The van der Waals surface area contributed by atoms with Crippen LogP contribution in [0.1, 0.15) is 36.0 Å². The average Bonchev–Trinajstić information content (AvgIpc) is 2.48. The Labute approximate surface area is 131 Å². The van der Waals surface area contributed by atoms with E-state index in [0.29, 0.717) is 5.56 Å². The molecule has 0 aromatic heterocycles. The number of ether oxygens (including phenoxy) is 1. The van der Waals surface area contributed by atoms with Gasteiger partial charge in [-0.3, -0.25) is 14.9 Å². The average molecular weight is 357 g/mol. The molecular formula is C14H17BrN2O4. The predicted molar refractivity (Wildman–Crippen MR) is 82.1 cm³/mol. The topological polar surface area (TPSA) is 81.5 Å². The van der Waals surface area contributed by atoms with E-state index in [-0.39, 0.29) is 28.2 Å². The number of carbonyl (C=O) groups is 1. The van der Waals surface area contributed by atoms with Gasteiger partial charge >= 0.3 is 5.69 Å². The fourth-order valence-electron chi connectivity index (χ4n) is 2.47. The SMILES string of the molecule is COc1cc(C(=O)NC2CCCCC2Br)ccc1[N+](=O)[O-]. The first kappa shape index (κ1) is 15.8. The van der Waals surface area contributed by atoms with Crippen LogP contribution in [0, 0.1) is 10.1 Å². The summed E-state index contributed by atoms with van der Waals surface area (Å²) in [5, 5.41) is 13.8. The second-order valence-corrected chi connectivity index (χ2v) is 6.20. The van der Waals surface area contributed by atoms with E-state index in [9.17, 15) is 14.9 Å². The van der Waals surface area contributed by atoms with Crippen LogP contribution in [-0.2, 0) is 0 Å². The summed E-state index contributed by atoms with van der Waals surface area (Å²) >= 11 is 3.59. The van der Waals surface area contributed by atoms with Crippen molar-refractivity contribution in [3.63, 3.8) is 0 Å². The Kier molecular flexibility index (Phi) is 5.17. The van der Waals surface area contributed by atoms with Crippen LogP contribution in [0.5, 0.6) is 5.75 Å². The zero-order chi connectivity index (χ0) is 15.4. The first-order chi connectivity index (χ1) is 10.0. The molecule has 2 atom stereocenters. The molecule has 2 unspecified atom stereocenters. The third kappa shape index (κ3) is 3.72. The molecule has 7 heteroatoms. The number of nitro groups is 1. The molecule has 1 aliphatic rings. The molecule has 114 valence electrons. The molecule has 21 heavy (non-hydrogen) atoms. The van der Waals surface area contributed by atoms with Gasteiger partial charge in [-0.2, -0.15) is 0 Å². The van der Waals surface area contributed by atoms with Gasteiger partial charge in [0.25, 0.3) is 5.91 Å². The summed E-state index contributed by atoms with van der Waals surface area (Å²) < 4.78 is 4.98. The number of carbonyl (C=O) groups excluding carboxylic acids is 1. The number of rotatable bonds is 4. The van der Waals surface area contributed by atoms with Gasteiger partial charge in [-0.25, -0.2) is 0 Å². The molecule has 0 radical (unpaired) electrons. The van der Waals surface area contributed by atoms with Gasteiger partial charge in [0.2, 0.25) is 0 Å². The van der Waals surface area contributed by atoms with Gasteiger partial charge in [0, 0.05) is 28.6 Å². The number of hydrogen-bond acceptors (Lipinski definition) is 4. The number of nitrogens with one attached hydrogen (secondary N) is 1. The number of halogens is 1. The summed E-state index contributed by atoms with van der Waals surface area (Å²) in [5.41, 5.74) is 0.216. The molecule has 1 aromatic rings. The second kappa shape index (κ2) is 6.89. The van der Waals surface area contributed by atoms with Gasteiger partial charge in [-0.05, 0) is 18.9 Å². The van der Waals surface area contributed by atoms with E-state index in [4.69, 9.17) is 4.74 Å². The summed E-state index contributed by atoms with van der Waals surface area (Å²) in [4.78, 5) is 22.8. The Bertz CT molecular complexity index is 550. The van der Waals surface area contributed by atoms with Crippen molar-refractivity contribution in [2.24, 2.45) is 0 Å². The maximum atomic E-state index is 12.3. The van der Waals surface area contributed by atoms with Crippen LogP contribution in [0.2, 0.25) is 0 Å².